The first-order valence-corrected chi connectivity index (χ1v) is 6.01. The fraction of sp³-hybridized carbons (Fsp3) is 0.833. The Morgan fingerprint density at radius 1 is 1.24 bits per heavy atom. The van der Waals surface area contributed by atoms with E-state index in [0.29, 0.717) is 12.6 Å². The second-order valence-electron chi connectivity index (χ2n) is 4.83. The molecular formula is C12H24N2O3. The topological polar surface area (TPSA) is 69.6 Å². The third kappa shape index (κ3) is 8.68. The van der Waals surface area contributed by atoms with Gasteiger partial charge in [0.2, 0.25) is 5.91 Å². The molecule has 0 aliphatic carbocycles. The molecule has 100 valence electrons. The van der Waals surface area contributed by atoms with Gasteiger partial charge in [-0.3, -0.25) is 9.59 Å². The number of hydrogen-bond acceptors (Lipinski definition) is 3. The van der Waals surface area contributed by atoms with E-state index in [9.17, 15) is 9.59 Å². The van der Waals surface area contributed by atoms with E-state index in [-0.39, 0.29) is 24.7 Å². The highest BCUT2D eigenvalue weighted by Crippen LogP contribution is 2.06. The molecule has 0 heterocycles. The smallest absolute Gasteiger partial charge is 0.303 e. The molecule has 0 saturated carbocycles. The molecule has 0 rings (SSSR count). The number of hydrogen-bond donors (Lipinski definition) is 2. The minimum Gasteiger partial charge on any atom is -0.481 e. The summed E-state index contributed by atoms with van der Waals surface area (Å²) >= 11 is 0. The second-order valence-corrected chi connectivity index (χ2v) is 4.83. The zero-order valence-electron chi connectivity index (χ0n) is 11.2. The van der Waals surface area contributed by atoms with E-state index in [1.807, 2.05) is 7.05 Å². The number of nitrogens with zero attached hydrogens (tertiary/aromatic N) is 1. The summed E-state index contributed by atoms with van der Waals surface area (Å²) in [6, 6.07) is 0.456. The van der Waals surface area contributed by atoms with E-state index in [4.69, 9.17) is 5.11 Å². The van der Waals surface area contributed by atoms with Crippen LogP contribution in [0, 0.1) is 5.92 Å². The summed E-state index contributed by atoms with van der Waals surface area (Å²) in [5.41, 5.74) is 0. The molecular weight excluding hydrogens is 220 g/mol. The highest BCUT2D eigenvalue weighted by molar-refractivity contribution is 5.77. The number of carboxylic acids is 1. The molecule has 0 aliphatic rings. The Hall–Kier alpha value is -1.10. The summed E-state index contributed by atoms with van der Waals surface area (Å²) in [7, 11) is 2.00. The highest BCUT2D eigenvalue weighted by Gasteiger charge is 2.12. The van der Waals surface area contributed by atoms with Gasteiger partial charge in [0, 0.05) is 32.0 Å². The summed E-state index contributed by atoms with van der Waals surface area (Å²) in [5.74, 6) is -1.05. The van der Waals surface area contributed by atoms with Crippen molar-refractivity contribution >= 4 is 11.9 Å². The molecule has 1 amide bonds. The van der Waals surface area contributed by atoms with Crippen LogP contribution in [-0.2, 0) is 9.59 Å². The number of rotatable bonds is 8. The number of aliphatic carboxylic acids is 1. The Balaban J connectivity index is 3.69. The molecule has 0 aliphatic heterocycles. The third-order valence-electron chi connectivity index (χ3n) is 2.73. The molecule has 5 heteroatoms. The molecule has 0 aromatic carbocycles. The van der Waals surface area contributed by atoms with E-state index in [1.54, 1.807) is 6.92 Å². The van der Waals surface area contributed by atoms with E-state index in [2.05, 4.69) is 24.1 Å². The predicted molar refractivity (Wildman–Crippen MR) is 66.8 cm³/mol. The molecule has 0 bridgehead atoms. The summed E-state index contributed by atoms with van der Waals surface area (Å²) in [6.07, 6.45) is 0.316. The Morgan fingerprint density at radius 2 is 1.82 bits per heavy atom. The molecule has 1 atom stereocenters. The van der Waals surface area contributed by atoms with Crippen LogP contribution in [0.4, 0.5) is 0 Å². The summed E-state index contributed by atoms with van der Waals surface area (Å²) < 4.78 is 0. The normalized spacial score (nSPS) is 12.8. The standard InChI is InChI=1S/C12H24N2O3/c1-9(2)14(4)6-5-13-11(15)7-10(3)8-12(16)17/h9-10H,5-8H2,1-4H3,(H,13,15)(H,16,17). The van der Waals surface area contributed by atoms with Crippen molar-refractivity contribution < 1.29 is 14.7 Å². The largest absolute Gasteiger partial charge is 0.481 e. The summed E-state index contributed by atoms with van der Waals surface area (Å²) in [4.78, 5) is 24.0. The first kappa shape index (κ1) is 15.9. The number of carboxylic acid groups (broad SMARTS) is 1. The Morgan fingerprint density at radius 3 is 2.29 bits per heavy atom. The summed E-state index contributed by atoms with van der Waals surface area (Å²) in [6.45, 7) is 7.37. The molecule has 0 saturated heterocycles. The minimum atomic E-state index is -0.857. The van der Waals surface area contributed by atoms with Crippen molar-refractivity contribution in [1.29, 1.82) is 0 Å². The van der Waals surface area contributed by atoms with Crippen molar-refractivity contribution in [3.05, 3.63) is 0 Å². The van der Waals surface area contributed by atoms with E-state index in [1.165, 1.54) is 0 Å². The van der Waals surface area contributed by atoms with E-state index < -0.39 is 5.97 Å². The van der Waals surface area contributed by atoms with Crippen molar-refractivity contribution in [1.82, 2.24) is 10.2 Å². The molecule has 5 nitrogen and oxygen atoms in total. The lowest BCUT2D eigenvalue weighted by atomic mass is 10.0. The lowest BCUT2D eigenvalue weighted by Crippen LogP contribution is -2.36. The maximum atomic E-state index is 11.5. The number of nitrogens with one attached hydrogen (secondary N) is 1. The lowest BCUT2D eigenvalue weighted by molar-refractivity contribution is -0.138. The van der Waals surface area contributed by atoms with Gasteiger partial charge in [0.15, 0.2) is 0 Å². The van der Waals surface area contributed by atoms with Gasteiger partial charge >= 0.3 is 5.97 Å². The lowest BCUT2D eigenvalue weighted by Gasteiger charge is -2.21. The second kappa shape index (κ2) is 8.06. The van der Waals surface area contributed by atoms with E-state index in [0.717, 1.165) is 6.54 Å². The Labute approximate surface area is 103 Å². The first-order valence-electron chi connectivity index (χ1n) is 6.01. The fourth-order valence-corrected chi connectivity index (χ4v) is 1.39. The van der Waals surface area contributed by atoms with Crippen LogP contribution in [0.3, 0.4) is 0 Å². The zero-order valence-corrected chi connectivity index (χ0v) is 11.2. The van der Waals surface area contributed by atoms with Gasteiger partial charge in [-0.15, -0.1) is 0 Å². The third-order valence-corrected chi connectivity index (χ3v) is 2.73. The van der Waals surface area contributed by atoms with Crippen LogP contribution in [0.1, 0.15) is 33.6 Å². The van der Waals surface area contributed by atoms with Crippen molar-refractivity contribution in [2.45, 2.75) is 39.7 Å². The Bertz CT molecular complexity index is 254. The number of carbonyl (C=O) groups is 2. The van der Waals surface area contributed by atoms with Crippen LogP contribution in [0.5, 0.6) is 0 Å². The number of likely N-dealkylation sites (N-methyl/N-ethyl adjacent to an activating group) is 1. The molecule has 0 aromatic heterocycles. The Kier molecular flexibility index (Phi) is 7.54. The van der Waals surface area contributed by atoms with Gasteiger partial charge in [0.25, 0.3) is 0 Å². The first-order chi connectivity index (χ1) is 7.82. The number of carbonyl (C=O) groups excluding carboxylic acids is 1. The van der Waals surface area contributed by atoms with Crippen molar-refractivity contribution in [3.63, 3.8) is 0 Å². The van der Waals surface area contributed by atoms with Crippen LogP contribution in [0.2, 0.25) is 0 Å². The zero-order chi connectivity index (χ0) is 13.4. The predicted octanol–water partition coefficient (Wildman–Crippen LogP) is 0.944. The van der Waals surface area contributed by atoms with Crippen LogP contribution < -0.4 is 5.32 Å². The van der Waals surface area contributed by atoms with Crippen molar-refractivity contribution in [2.75, 3.05) is 20.1 Å². The molecule has 0 fully saturated rings. The monoisotopic (exact) mass is 244 g/mol. The van der Waals surface area contributed by atoms with Crippen LogP contribution in [0.25, 0.3) is 0 Å². The van der Waals surface area contributed by atoms with Gasteiger partial charge in [0.1, 0.15) is 0 Å². The molecule has 1 unspecified atom stereocenters. The van der Waals surface area contributed by atoms with Crippen LogP contribution in [0.15, 0.2) is 0 Å². The van der Waals surface area contributed by atoms with E-state index >= 15 is 0 Å². The number of amides is 1. The molecule has 0 aromatic rings. The quantitative estimate of drug-likeness (QED) is 0.667. The van der Waals surface area contributed by atoms with Gasteiger partial charge in [-0.05, 0) is 26.8 Å². The maximum Gasteiger partial charge on any atom is 0.303 e. The molecule has 0 spiro atoms. The van der Waals surface area contributed by atoms with Crippen molar-refractivity contribution in [3.8, 4) is 0 Å². The van der Waals surface area contributed by atoms with Gasteiger partial charge in [-0.1, -0.05) is 6.92 Å². The maximum absolute atomic E-state index is 11.5. The van der Waals surface area contributed by atoms with Gasteiger partial charge in [-0.25, -0.2) is 0 Å². The summed E-state index contributed by atoms with van der Waals surface area (Å²) in [5, 5.41) is 11.4. The van der Waals surface area contributed by atoms with Crippen LogP contribution in [-0.4, -0.2) is 48.1 Å². The van der Waals surface area contributed by atoms with Gasteiger partial charge < -0.3 is 15.3 Å². The molecule has 17 heavy (non-hydrogen) atoms. The minimum absolute atomic E-state index is 0.0410. The molecule has 2 N–H and O–H groups in total. The fourth-order valence-electron chi connectivity index (χ4n) is 1.39. The van der Waals surface area contributed by atoms with Crippen LogP contribution >= 0.6 is 0 Å². The van der Waals surface area contributed by atoms with Crippen molar-refractivity contribution in [2.24, 2.45) is 5.92 Å². The highest BCUT2D eigenvalue weighted by atomic mass is 16.4. The average molecular weight is 244 g/mol. The SMILES string of the molecule is CC(CC(=O)O)CC(=O)NCCN(C)C(C)C. The average Bonchev–Trinajstić information content (AvgIpc) is 2.15. The van der Waals surface area contributed by atoms with Gasteiger partial charge in [-0.2, -0.15) is 0 Å². The molecule has 0 radical (unpaired) electrons. The van der Waals surface area contributed by atoms with Gasteiger partial charge in [0.05, 0.1) is 0 Å².